The number of rotatable bonds is 5. The van der Waals surface area contributed by atoms with Crippen molar-refractivity contribution in [1.82, 2.24) is 0 Å². The van der Waals surface area contributed by atoms with Crippen LogP contribution in [0.1, 0.15) is 25.0 Å². The Kier molecular flexibility index (Phi) is 6.34. The summed E-state index contributed by atoms with van der Waals surface area (Å²) >= 11 is 5.96. The van der Waals surface area contributed by atoms with Gasteiger partial charge in [-0.1, -0.05) is 25.4 Å². The highest BCUT2D eigenvalue weighted by molar-refractivity contribution is 6.33. The summed E-state index contributed by atoms with van der Waals surface area (Å²) in [7, 11) is 0. The summed E-state index contributed by atoms with van der Waals surface area (Å²) in [4.78, 5) is 12.6. The van der Waals surface area contributed by atoms with Crippen molar-refractivity contribution < 1.29 is 18.0 Å². The highest BCUT2D eigenvalue weighted by Crippen LogP contribution is 2.34. The van der Waals surface area contributed by atoms with Crippen molar-refractivity contribution in [1.29, 1.82) is 5.26 Å². The van der Waals surface area contributed by atoms with Crippen LogP contribution in [0.4, 0.5) is 24.5 Å². The van der Waals surface area contributed by atoms with Gasteiger partial charge in [-0.2, -0.15) is 18.4 Å². The zero-order valence-corrected chi connectivity index (χ0v) is 15.3. The van der Waals surface area contributed by atoms with Gasteiger partial charge >= 0.3 is 6.18 Å². The number of hydrogen-bond donors (Lipinski definition) is 2. The Labute approximate surface area is 159 Å². The number of nitriles is 1. The van der Waals surface area contributed by atoms with Crippen molar-refractivity contribution in [3.05, 3.63) is 58.6 Å². The number of benzene rings is 2. The zero-order chi connectivity index (χ0) is 20.2. The van der Waals surface area contributed by atoms with Gasteiger partial charge in [-0.05, 0) is 48.4 Å². The van der Waals surface area contributed by atoms with Crippen molar-refractivity contribution in [2.24, 2.45) is 5.92 Å². The van der Waals surface area contributed by atoms with Crippen LogP contribution in [-0.4, -0.2) is 11.9 Å². The first kappa shape index (κ1) is 20.6. The van der Waals surface area contributed by atoms with Gasteiger partial charge in [0.15, 0.2) is 0 Å². The summed E-state index contributed by atoms with van der Waals surface area (Å²) in [6.45, 7) is 3.60. The van der Waals surface area contributed by atoms with Gasteiger partial charge in [-0.3, -0.25) is 4.79 Å². The number of carbonyl (C=O) groups excluding carboxylic acids is 1. The average molecular weight is 396 g/mol. The molecule has 0 aliphatic carbocycles. The summed E-state index contributed by atoms with van der Waals surface area (Å²) in [5, 5.41) is 14.3. The first-order valence-corrected chi connectivity index (χ1v) is 8.44. The second-order valence-electron chi connectivity index (χ2n) is 6.24. The van der Waals surface area contributed by atoms with E-state index in [9.17, 15) is 18.0 Å². The molecule has 2 aromatic rings. The Hall–Kier alpha value is -2.72. The van der Waals surface area contributed by atoms with Crippen molar-refractivity contribution >= 4 is 28.9 Å². The third kappa shape index (κ3) is 5.38. The van der Waals surface area contributed by atoms with Crippen molar-refractivity contribution in [2.45, 2.75) is 26.1 Å². The molecule has 2 rings (SSSR count). The van der Waals surface area contributed by atoms with E-state index in [-0.39, 0.29) is 22.5 Å². The maximum Gasteiger partial charge on any atom is 0.416 e. The van der Waals surface area contributed by atoms with Gasteiger partial charge in [0, 0.05) is 5.69 Å². The third-order valence-corrected chi connectivity index (χ3v) is 4.15. The SMILES string of the molecule is CC(C)[C@@H](Nc1ccc(C(F)(F)F)cc1Cl)C(=O)Nc1ccc(C#N)cc1. The molecule has 0 aliphatic rings. The minimum Gasteiger partial charge on any atom is -0.372 e. The monoisotopic (exact) mass is 395 g/mol. The van der Waals surface area contributed by atoms with Gasteiger partial charge in [0.25, 0.3) is 0 Å². The fourth-order valence-electron chi connectivity index (χ4n) is 2.36. The zero-order valence-electron chi connectivity index (χ0n) is 14.6. The lowest BCUT2D eigenvalue weighted by atomic mass is 10.0. The lowest BCUT2D eigenvalue weighted by Crippen LogP contribution is -2.39. The quantitative estimate of drug-likeness (QED) is 0.721. The number of carbonyl (C=O) groups is 1. The normalized spacial score (nSPS) is 12.4. The molecule has 8 heteroatoms. The van der Waals surface area contributed by atoms with Crippen LogP contribution in [0.25, 0.3) is 0 Å². The number of anilines is 2. The molecule has 0 radical (unpaired) electrons. The van der Waals surface area contributed by atoms with Gasteiger partial charge in [0.1, 0.15) is 6.04 Å². The molecule has 142 valence electrons. The molecule has 0 spiro atoms. The predicted octanol–water partition coefficient (Wildman–Crippen LogP) is 5.31. The Morgan fingerprint density at radius 3 is 2.26 bits per heavy atom. The van der Waals surface area contributed by atoms with E-state index in [2.05, 4.69) is 10.6 Å². The van der Waals surface area contributed by atoms with E-state index >= 15 is 0 Å². The van der Waals surface area contributed by atoms with E-state index in [1.165, 1.54) is 6.07 Å². The van der Waals surface area contributed by atoms with Crippen molar-refractivity contribution in [3.63, 3.8) is 0 Å². The summed E-state index contributed by atoms with van der Waals surface area (Å²) in [5.41, 5.74) is 0.340. The highest BCUT2D eigenvalue weighted by atomic mass is 35.5. The molecule has 0 saturated heterocycles. The van der Waals surface area contributed by atoms with E-state index < -0.39 is 17.8 Å². The number of amides is 1. The van der Waals surface area contributed by atoms with E-state index in [0.717, 1.165) is 12.1 Å². The van der Waals surface area contributed by atoms with Gasteiger partial charge < -0.3 is 10.6 Å². The standard InChI is InChI=1S/C19H17ClF3N3O/c1-11(2)17(18(27)25-14-6-3-12(10-24)4-7-14)26-16-8-5-13(9-15(16)20)19(21,22)23/h3-9,11,17,26H,1-2H3,(H,25,27)/t17-/m1/s1. The first-order chi connectivity index (χ1) is 12.6. The predicted molar refractivity (Wildman–Crippen MR) is 98.5 cm³/mol. The molecule has 0 unspecified atom stereocenters. The molecule has 0 aliphatic heterocycles. The van der Waals surface area contributed by atoms with Crippen LogP contribution in [0.15, 0.2) is 42.5 Å². The summed E-state index contributed by atoms with van der Waals surface area (Å²) in [6, 6.07) is 10.5. The second kappa shape index (κ2) is 8.31. The van der Waals surface area contributed by atoms with Gasteiger partial charge in [0.05, 0.1) is 27.9 Å². The van der Waals surface area contributed by atoms with Gasteiger partial charge in [0.2, 0.25) is 5.91 Å². The molecule has 1 amide bonds. The molecule has 0 saturated carbocycles. The number of nitrogens with one attached hydrogen (secondary N) is 2. The van der Waals surface area contributed by atoms with Crippen molar-refractivity contribution in [3.8, 4) is 6.07 Å². The van der Waals surface area contributed by atoms with Crippen LogP contribution in [0.2, 0.25) is 5.02 Å². The summed E-state index contributed by atoms with van der Waals surface area (Å²) in [6.07, 6.45) is -4.49. The van der Waals surface area contributed by atoms with Crippen LogP contribution in [0, 0.1) is 17.2 Å². The summed E-state index contributed by atoms with van der Waals surface area (Å²) < 4.78 is 38.3. The number of nitrogens with zero attached hydrogens (tertiary/aromatic N) is 1. The lowest BCUT2D eigenvalue weighted by Gasteiger charge is -2.23. The number of alkyl halides is 3. The lowest BCUT2D eigenvalue weighted by molar-refractivity contribution is -0.137. The maximum absolute atomic E-state index is 12.8. The van der Waals surface area contributed by atoms with Crippen LogP contribution >= 0.6 is 11.6 Å². The third-order valence-electron chi connectivity index (χ3n) is 3.84. The molecule has 2 N–H and O–H groups in total. The van der Waals surface area contributed by atoms with Crippen LogP contribution in [-0.2, 0) is 11.0 Å². The molecule has 27 heavy (non-hydrogen) atoms. The maximum atomic E-state index is 12.8. The van der Waals surface area contributed by atoms with Crippen LogP contribution < -0.4 is 10.6 Å². The largest absolute Gasteiger partial charge is 0.416 e. The van der Waals surface area contributed by atoms with Crippen molar-refractivity contribution in [2.75, 3.05) is 10.6 Å². The van der Waals surface area contributed by atoms with E-state index in [1.54, 1.807) is 38.1 Å². The van der Waals surface area contributed by atoms with E-state index in [1.807, 2.05) is 6.07 Å². The Bertz CT molecular complexity index is 858. The number of halogens is 4. The second-order valence-corrected chi connectivity index (χ2v) is 6.64. The van der Waals surface area contributed by atoms with Gasteiger partial charge in [-0.25, -0.2) is 0 Å². The Morgan fingerprint density at radius 1 is 1.15 bits per heavy atom. The molecule has 0 heterocycles. The molecule has 4 nitrogen and oxygen atoms in total. The minimum atomic E-state index is -4.49. The van der Waals surface area contributed by atoms with Gasteiger partial charge in [-0.15, -0.1) is 0 Å². The topological polar surface area (TPSA) is 64.9 Å². The van der Waals surface area contributed by atoms with E-state index in [4.69, 9.17) is 16.9 Å². The molecule has 0 aromatic heterocycles. The molecule has 0 fully saturated rings. The van der Waals surface area contributed by atoms with Crippen LogP contribution in [0.3, 0.4) is 0 Å². The molecular formula is C19H17ClF3N3O. The average Bonchev–Trinajstić information content (AvgIpc) is 2.60. The molecule has 2 aromatic carbocycles. The smallest absolute Gasteiger partial charge is 0.372 e. The molecule has 1 atom stereocenters. The number of hydrogen-bond acceptors (Lipinski definition) is 3. The van der Waals surface area contributed by atoms with E-state index in [0.29, 0.717) is 11.3 Å². The molecular weight excluding hydrogens is 379 g/mol. The first-order valence-electron chi connectivity index (χ1n) is 8.06. The molecule has 0 bridgehead atoms. The minimum absolute atomic E-state index is 0.123. The fourth-order valence-corrected chi connectivity index (χ4v) is 2.59. The Balaban J connectivity index is 2.17. The Morgan fingerprint density at radius 2 is 1.78 bits per heavy atom. The highest BCUT2D eigenvalue weighted by Gasteiger charge is 2.31. The van der Waals surface area contributed by atoms with Crippen LogP contribution in [0.5, 0.6) is 0 Å². The fraction of sp³-hybridized carbons (Fsp3) is 0.263. The summed E-state index contributed by atoms with van der Waals surface area (Å²) in [5.74, 6) is -0.535.